The highest BCUT2D eigenvalue weighted by Gasteiger charge is 2.23. The second-order valence-corrected chi connectivity index (χ2v) is 7.74. The van der Waals surface area contributed by atoms with Crippen LogP contribution in [0.4, 0.5) is 5.69 Å². The number of sulfonamides is 1. The number of halogens is 1. The summed E-state index contributed by atoms with van der Waals surface area (Å²) in [6.45, 7) is 1.81. The van der Waals surface area contributed by atoms with Gasteiger partial charge in [-0.3, -0.25) is 4.31 Å². The summed E-state index contributed by atoms with van der Waals surface area (Å²) in [7, 11) is -2.10. The van der Waals surface area contributed by atoms with Gasteiger partial charge in [0.2, 0.25) is 0 Å². The lowest BCUT2D eigenvalue weighted by atomic mass is 10.1. The monoisotopic (exact) mass is 345 g/mol. The standard InChI is InChI=1S/C18H16ClNO2S/c1-13-17(19)8-5-9-18(13)20(2)23(21,22)16-11-10-14-6-3-4-7-15(14)12-16/h3-12H,1-2H3. The molecule has 0 heterocycles. The molecule has 0 aliphatic rings. The van der Waals surface area contributed by atoms with Crippen LogP contribution >= 0.6 is 11.6 Å². The van der Waals surface area contributed by atoms with Crippen molar-refractivity contribution >= 4 is 38.1 Å². The Morgan fingerprint density at radius 1 is 0.913 bits per heavy atom. The fraction of sp³-hybridized carbons (Fsp3) is 0.111. The number of benzene rings is 3. The van der Waals surface area contributed by atoms with Gasteiger partial charge in [-0.1, -0.05) is 48.0 Å². The van der Waals surface area contributed by atoms with E-state index < -0.39 is 10.0 Å². The van der Waals surface area contributed by atoms with Gasteiger partial charge in [0.1, 0.15) is 0 Å². The molecule has 0 atom stereocenters. The zero-order chi connectivity index (χ0) is 16.6. The van der Waals surface area contributed by atoms with Crippen LogP contribution in [0.5, 0.6) is 0 Å². The lowest BCUT2D eigenvalue weighted by molar-refractivity contribution is 0.594. The third-order valence-electron chi connectivity index (χ3n) is 3.96. The van der Waals surface area contributed by atoms with Gasteiger partial charge in [0.05, 0.1) is 10.6 Å². The summed E-state index contributed by atoms with van der Waals surface area (Å²) in [4.78, 5) is 0.262. The van der Waals surface area contributed by atoms with Gasteiger partial charge >= 0.3 is 0 Å². The van der Waals surface area contributed by atoms with Gasteiger partial charge in [-0.25, -0.2) is 8.42 Å². The molecule has 0 aliphatic heterocycles. The molecule has 0 saturated carbocycles. The Morgan fingerprint density at radius 2 is 1.61 bits per heavy atom. The molecular weight excluding hydrogens is 330 g/mol. The van der Waals surface area contributed by atoms with Crippen molar-refractivity contribution in [3.05, 3.63) is 71.2 Å². The predicted octanol–water partition coefficient (Wildman–Crippen LogP) is 4.63. The van der Waals surface area contributed by atoms with Crippen molar-refractivity contribution in [1.29, 1.82) is 0 Å². The molecular formula is C18H16ClNO2S. The first-order valence-corrected chi connectivity index (χ1v) is 8.96. The summed E-state index contributed by atoms with van der Waals surface area (Å²) in [5.41, 5.74) is 1.31. The van der Waals surface area contributed by atoms with Gasteiger partial charge in [0, 0.05) is 12.1 Å². The third kappa shape index (κ3) is 2.80. The van der Waals surface area contributed by atoms with Crippen LogP contribution < -0.4 is 4.31 Å². The highest BCUT2D eigenvalue weighted by molar-refractivity contribution is 7.92. The van der Waals surface area contributed by atoms with E-state index in [2.05, 4.69) is 0 Å². The smallest absolute Gasteiger partial charge is 0.264 e. The number of hydrogen-bond acceptors (Lipinski definition) is 2. The summed E-state index contributed by atoms with van der Waals surface area (Å²) in [5.74, 6) is 0. The maximum absolute atomic E-state index is 12.9. The van der Waals surface area contributed by atoms with Crippen molar-refractivity contribution in [3.8, 4) is 0 Å². The molecule has 3 rings (SSSR count). The van der Waals surface area contributed by atoms with Crippen LogP contribution in [0.1, 0.15) is 5.56 Å². The zero-order valence-electron chi connectivity index (χ0n) is 12.8. The Balaban J connectivity index is 2.10. The molecule has 0 aliphatic carbocycles. The summed E-state index contributed by atoms with van der Waals surface area (Å²) in [6, 6.07) is 18.1. The van der Waals surface area contributed by atoms with Crippen molar-refractivity contribution < 1.29 is 8.42 Å². The molecule has 0 saturated heterocycles. The maximum Gasteiger partial charge on any atom is 0.264 e. The minimum atomic E-state index is -3.65. The van der Waals surface area contributed by atoms with Crippen molar-refractivity contribution in [2.24, 2.45) is 0 Å². The Kier molecular flexibility index (Phi) is 4.04. The average Bonchev–Trinajstić information content (AvgIpc) is 2.56. The van der Waals surface area contributed by atoms with Gasteiger partial charge in [0.25, 0.3) is 10.0 Å². The molecule has 0 radical (unpaired) electrons. The van der Waals surface area contributed by atoms with E-state index in [0.29, 0.717) is 10.7 Å². The summed E-state index contributed by atoms with van der Waals surface area (Å²) >= 11 is 6.11. The van der Waals surface area contributed by atoms with Crippen LogP contribution in [0.15, 0.2) is 65.6 Å². The zero-order valence-corrected chi connectivity index (χ0v) is 14.4. The summed E-state index contributed by atoms with van der Waals surface area (Å²) in [6.07, 6.45) is 0. The second kappa shape index (κ2) is 5.87. The molecule has 23 heavy (non-hydrogen) atoms. The lowest BCUT2D eigenvalue weighted by Crippen LogP contribution is -2.27. The molecule has 0 unspecified atom stereocenters. The Bertz CT molecular complexity index is 983. The molecule has 0 bridgehead atoms. The predicted molar refractivity (Wildman–Crippen MR) is 95.7 cm³/mol. The van der Waals surface area contributed by atoms with Gasteiger partial charge < -0.3 is 0 Å². The van der Waals surface area contributed by atoms with Gasteiger partial charge in [0.15, 0.2) is 0 Å². The Morgan fingerprint density at radius 3 is 2.35 bits per heavy atom. The fourth-order valence-electron chi connectivity index (χ4n) is 2.55. The number of fused-ring (bicyclic) bond motifs is 1. The number of nitrogens with zero attached hydrogens (tertiary/aromatic N) is 1. The first-order chi connectivity index (χ1) is 10.9. The molecule has 3 aromatic carbocycles. The van der Waals surface area contributed by atoms with Crippen molar-refractivity contribution in [3.63, 3.8) is 0 Å². The van der Waals surface area contributed by atoms with E-state index in [-0.39, 0.29) is 4.90 Å². The van der Waals surface area contributed by atoms with E-state index in [1.165, 1.54) is 4.31 Å². The summed E-state index contributed by atoms with van der Waals surface area (Å²) < 4.78 is 27.1. The second-order valence-electron chi connectivity index (χ2n) is 5.37. The van der Waals surface area contributed by atoms with Crippen molar-refractivity contribution in [2.75, 3.05) is 11.4 Å². The van der Waals surface area contributed by atoms with Gasteiger partial charge in [-0.05, 0) is 47.5 Å². The maximum atomic E-state index is 12.9. The van der Waals surface area contributed by atoms with Crippen LogP contribution in [0.25, 0.3) is 10.8 Å². The summed E-state index contributed by atoms with van der Waals surface area (Å²) in [5, 5.41) is 2.45. The molecule has 0 amide bonds. The largest absolute Gasteiger partial charge is 0.269 e. The van der Waals surface area contributed by atoms with Crippen LogP contribution in [0.2, 0.25) is 5.02 Å². The molecule has 118 valence electrons. The topological polar surface area (TPSA) is 37.4 Å². The average molecular weight is 346 g/mol. The molecule has 0 spiro atoms. The quantitative estimate of drug-likeness (QED) is 0.694. The normalized spacial score (nSPS) is 11.6. The third-order valence-corrected chi connectivity index (χ3v) is 6.13. The molecule has 5 heteroatoms. The lowest BCUT2D eigenvalue weighted by Gasteiger charge is -2.22. The Hall–Kier alpha value is -2.04. The number of hydrogen-bond donors (Lipinski definition) is 0. The SMILES string of the molecule is Cc1c(Cl)cccc1N(C)S(=O)(=O)c1ccc2ccccc2c1. The highest BCUT2D eigenvalue weighted by atomic mass is 35.5. The molecule has 3 aromatic rings. The van der Waals surface area contributed by atoms with Gasteiger partial charge in [-0.15, -0.1) is 0 Å². The van der Waals surface area contributed by atoms with Crippen LogP contribution in [0.3, 0.4) is 0 Å². The van der Waals surface area contributed by atoms with E-state index in [4.69, 9.17) is 11.6 Å². The first-order valence-electron chi connectivity index (χ1n) is 7.14. The van der Waals surface area contributed by atoms with Crippen LogP contribution in [-0.2, 0) is 10.0 Å². The molecule has 0 fully saturated rings. The Labute approximate surface area is 141 Å². The van der Waals surface area contributed by atoms with E-state index in [1.807, 2.05) is 37.3 Å². The molecule has 3 nitrogen and oxygen atoms in total. The van der Waals surface area contributed by atoms with E-state index >= 15 is 0 Å². The molecule has 0 aromatic heterocycles. The first kappa shape index (κ1) is 15.8. The van der Waals surface area contributed by atoms with Crippen LogP contribution in [0, 0.1) is 6.92 Å². The van der Waals surface area contributed by atoms with Crippen LogP contribution in [-0.4, -0.2) is 15.5 Å². The van der Waals surface area contributed by atoms with E-state index in [1.54, 1.807) is 37.4 Å². The number of anilines is 1. The van der Waals surface area contributed by atoms with E-state index in [9.17, 15) is 8.42 Å². The van der Waals surface area contributed by atoms with Gasteiger partial charge in [-0.2, -0.15) is 0 Å². The highest BCUT2D eigenvalue weighted by Crippen LogP contribution is 2.30. The number of rotatable bonds is 3. The minimum Gasteiger partial charge on any atom is -0.269 e. The van der Waals surface area contributed by atoms with Crippen molar-refractivity contribution in [2.45, 2.75) is 11.8 Å². The molecule has 0 N–H and O–H groups in total. The van der Waals surface area contributed by atoms with Crippen molar-refractivity contribution in [1.82, 2.24) is 0 Å². The minimum absolute atomic E-state index is 0.262. The van der Waals surface area contributed by atoms with E-state index in [0.717, 1.165) is 16.3 Å². The fourth-order valence-corrected chi connectivity index (χ4v) is 4.01.